The molecule has 0 spiro atoms. The van der Waals surface area contributed by atoms with Crippen LogP contribution in [0.3, 0.4) is 0 Å². The van der Waals surface area contributed by atoms with Crippen molar-refractivity contribution in [2.75, 3.05) is 25.0 Å². The van der Waals surface area contributed by atoms with Crippen LogP contribution in [0.5, 0.6) is 0 Å². The van der Waals surface area contributed by atoms with Crippen LogP contribution in [-0.2, 0) is 20.7 Å². The number of anilines is 1. The number of carbonyl (C=O) groups excluding carboxylic acids is 2. The van der Waals surface area contributed by atoms with Crippen LogP contribution < -0.4 is 5.32 Å². The number of aryl methyl sites for hydroxylation is 1. The lowest BCUT2D eigenvalue weighted by atomic mass is 10.1. The van der Waals surface area contributed by atoms with E-state index in [1.54, 1.807) is 4.90 Å². The van der Waals surface area contributed by atoms with E-state index in [2.05, 4.69) is 12.2 Å². The van der Waals surface area contributed by atoms with Crippen molar-refractivity contribution in [3.05, 3.63) is 29.8 Å². The van der Waals surface area contributed by atoms with Gasteiger partial charge < -0.3 is 15.0 Å². The number of rotatable bonds is 7. The fourth-order valence-electron chi connectivity index (χ4n) is 2.70. The lowest BCUT2D eigenvalue weighted by Crippen LogP contribution is -2.37. The van der Waals surface area contributed by atoms with Crippen molar-refractivity contribution in [2.24, 2.45) is 0 Å². The molecule has 1 fully saturated rings. The summed E-state index contributed by atoms with van der Waals surface area (Å²) in [5.41, 5.74) is 2.03. The summed E-state index contributed by atoms with van der Waals surface area (Å²) in [4.78, 5) is 25.5. The smallest absolute Gasteiger partial charge is 0.226 e. The van der Waals surface area contributed by atoms with Crippen LogP contribution in [0.1, 0.15) is 38.7 Å². The Labute approximate surface area is 138 Å². The molecule has 5 heteroatoms. The zero-order valence-electron chi connectivity index (χ0n) is 14.0. The van der Waals surface area contributed by atoms with Gasteiger partial charge in [-0.05, 0) is 37.0 Å². The molecule has 1 aromatic carbocycles. The highest BCUT2D eigenvalue weighted by atomic mass is 16.5. The van der Waals surface area contributed by atoms with Crippen LogP contribution in [-0.4, -0.2) is 42.5 Å². The first-order valence-electron chi connectivity index (χ1n) is 8.34. The predicted molar refractivity (Wildman–Crippen MR) is 90.3 cm³/mol. The standard InChI is InChI=1S/C18H26N2O3/c1-3-15-6-8-16(9-7-15)19-18(22)10-11-20(14(2)21)13-17-5-4-12-23-17/h6-9,17H,3-5,10-13H2,1-2H3,(H,19,22). The van der Waals surface area contributed by atoms with Crippen LogP contribution in [0.15, 0.2) is 24.3 Å². The molecule has 0 aromatic heterocycles. The third kappa shape index (κ3) is 5.67. The fourth-order valence-corrected chi connectivity index (χ4v) is 2.70. The Morgan fingerprint density at radius 2 is 2.04 bits per heavy atom. The molecule has 0 saturated carbocycles. The van der Waals surface area contributed by atoms with E-state index in [0.29, 0.717) is 19.5 Å². The van der Waals surface area contributed by atoms with E-state index in [4.69, 9.17) is 4.74 Å². The van der Waals surface area contributed by atoms with E-state index in [1.807, 2.05) is 24.3 Å². The van der Waals surface area contributed by atoms with Crippen LogP contribution in [0.25, 0.3) is 0 Å². The maximum absolute atomic E-state index is 12.1. The van der Waals surface area contributed by atoms with Crippen molar-refractivity contribution in [1.82, 2.24) is 4.90 Å². The first-order valence-corrected chi connectivity index (χ1v) is 8.34. The minimum absolute atomic E-state index is 0.0133. The second kappa shape index (κ2) is 8.67. The Kier molecular flexibility index (Phi) is 6.59. The number of ether oxygens (including phenoxy) is 1. The Morgan fingerprint density at radius 1 is 1.30 bits per heavy atom. The number of benzene rings is 1. The molecule has 126 valence electrons. The molecule has 5 nitrogen and oxygen atoms in total. The summed E-state index contributed by atoms with van der Waals surface area (Å²) in [6, 6.07) is 7.83. The highest BCUT2D eigenvalue weighted by molar-refractivity contribution is 5.91. The Hall–Kier alpha value is -1.88. The lowest BCUT2D eigenvalue weighted by Gasteiger charge is -2.23. The monoisotopic (exact) mass is 318 g/mol. The molecule has 1 aromatic rings. The quantitative estimate of drug-likeness (QED) is 0.841. The molecule has 0 radical (unpaired) electrons. The summed E-state index contributed by atoms with van der Waals surface area (Å²) in [6.45, 7) is 5.40. The average molecular weight is 318 g/mol. The van der Waals surface area contributed by atoms with Crippen molar-refractivity contribution in [3.8, 4) is 0 Å². The van der Waals surface area contributed by atoms with Gasteiger partial charge in [-0.1, -0.05) is 19.1 Å². The number of hydrogen-bond donors (Lipinski definition) is 1. The summed E-state index contributed by atoms with van der Waals surface area (Å²) in [5.74, 6) is -0.0894. The van der Waals surface area contributed by atoms with Gasteiger partial charge in [0, 0.05) is 38.7 Å². The van der Waals surface area contributed by atoms with Crippen molar-refractivity contribution >= 4 is 17.5 Å². The fraction of sp³-hybridized carbons (Fsp3) is 0.556. The van der Waals surface area contributed by atoms with Crippen molar-refractivity contribution in [1.29, 1.82) is 0 Å². The van der Waals surface area contributed by atoms with Crippen LogP contribution in [0.4, 0.5) is 5.69 Å². The highest BCUT2D eigenvalue weighted by Gasteiger charge is 2.21. The summed E-state index contributed by atoms with van der Waals surface area (Å²) >= 11 is 0. The largest absolute Gasteiger partial charge is 0.376 e. The molecule has 1 aliphatic rings. The van der Waals surface area contributed by atoms with Crippen LogP contribution >= 0.6 is 0 Å². The maximum atomic E-state index is 12.1. The lowest BCUT2D eigenvalue weighted by molar-refractivity contribution is -0.130. The number of nitrogens with zero attached hydrogens (tertiary/aromatic N) is 1. The van der Waals surface area contributed by atoms with E-state index in [0.717, 1.165) is 31.6 Å². The minimum Gasteiger partial charge on any atom is -0.376 e. The second-order valence-corrected chi connectivity index (χ2v) is 5.95. The van der Waals surface area contributed by atoms with Gasteiger partial charge in [0.15, 0.2) is 0 Å². The van der Waals surface area contributed by atoms with Crippen molar-refractivity contribution < 1.29 is 14.3 Å². The van der Waals surface area contributed by atoms with E-state index < -0.39 is 0 Å². The number of carbonyl (C=O) groups is 2. The third-order valence-corrected chi connectivity index (χ3v) is 4.15. The Morgan fingerprint density at radius 3 is 2.61 bits per heavy atom. The summed E-state index contributed by atoms with van der Waals surface area (Å²) in [7, 11) is 0. The van der Waals surface area contributed by atoms with Crippen molar-refractivity contribution in [3.63, 3.8) is 0 Å². The van der Waals surface area contributed by atoms with Crippen LogP contribution in [0, 0.1) is 0 Å². The molecule has 1 aliphatic heterocycles. The van der Waals surface area contributed by atoms with Gasteiger partial charge >= 0.3 is 0 Å². The normalized spacial score (nSPS) is 17.0. The Bertz CT molecular complexity index is 522. The molecule has 0 bridgehead atoms. The average Bonchev–Trinajstić information content (AvgIpc) is 3.05. The molecule has 1 saturated heterocycles. The van der Waals surface area contributed by atoms with E-state index in [-0.39, 0.29) is 17.9 Å². The first kappa shape index (κ1) is 17.5. The van der Waals surface area contributed by atoms with Gasteiger partial charge in [-0.3, -0.25) is 9.59 Å². The minimum atomic E-state index is -0.0761. The van der Waals surface area contributed by atoms with E-state index >= 15 is 0 Å². The molecular formula is C18H26N2O3. The van der Waals surface area contributed by atoms with E-state index in [1.165, 1.54) is 12.5 Å². The molecular weight excluding hydrogens is 292 g/mol. The molecule has 1 heterocycles. The second-order valence-electron chi connectivity index (χ2n) is 5.95. The SMILES string of the molecule is CCc1ccc(NC(=O)CCN(CC2CCCO2)C(C)=O)cc1. The number of amides is 2. The van der Waals surface area contributed by atoms with Gasteiger partial charge in [0.2, 0.25) is 11.8 Å². The van der Waals surface area contributed by atoms with Crippen molar-refractivity contribution in [2.45, 2.75) is 45.6 Å². The van der Waals surface area contributed by atoms with Gasteiger partial charge in [-0.15, -0.1) is 0 Å². The first-order chi connectivity index (χ1) is 11.1. The van der Waals surface area contributed by atoms with E-state index in [9.17, 15) is 9.59 Å². The molecule has 2 amide bonds. The third-order valence-electron chi connectivity index (χ3n) is 4.15. The topological polar surface area (TPSA) is 58.6 Å². The number of nitrogens with one attached hydrogen (secondary N) is 1. The molecule has 1 N–H and O–H groups in total. The molecule has 0 aliphatic carbocycles. The predicted octanol–water partition coefficient (Wildman–Crippen LogP) is 2.61. The van der Waals surface area contributed by atoms with Gasteiger partial charge in [-0.25, -0.2) is 0 Å². The Balaban J connectivity index is 1.79. The molecule has 2 rings (SSSR count). The summed E-state index contributed by atoms with van der Waals surface area (Å²) in [6.07, 6.45) is 3.42. The zero-order valence-corrected chi connectivity index (χ0v) is 14.0. The van der Waals surface area contributed by atoms with Crippen LogP contribution in [0.2, 0.25) is 0 Å². The summed E-state index contributed by atoms with van der Waals surface area (Å²) in [5, 5.41) is 2.87. The summed E-state index contributed by atoms with van der Waals surface area (Å²) < 4.78 is 5.56. The number of hydrogen-bond acceptors (Lipinski definition) is 3. The zero-order chi connectivity index (χ0) is 16.7. The maximum Gasteiger partial charge on any atom is 0.226 e. The van der Waals surface area contributed by atoms with Gasteiger partial charge in [-0.2, -0.15) is 0 Å². The van der Waals surface area contributed by atoms with Gasteiger partial charge in [0.1, 0.15) is 0 Å². The highest BCUT2D eigenvalue weighted by Crippen LogP contribution is 2.14. The molecule has 23 heavy (non-hydrogen) atoms. The molecule has 1 atom stereocenters. The molecule has 1 unspecified atom stereocenters. The van der Waals surface area contributed by atoms with Gasteiger partial charge in [0.25, 0.3) is 0 Å². The van der Waals surface area contributed by atoms with Gasteiger partial charge in [0.05, 0.1) is 6.10 Å².